The first-order valence-electron chi connectivity index (χ1n) is 5.30. The molecular weight excluding hydrogens is 251 g/mol. The highest BCUT2D eigenvalue weighted by atomic mass is 31.0. The van der Waals surface area contributed by atoms with Crippen LogP contribution in [0.2, 0.25) is 0 Å². The zero-order valence-corrected chi connectivity index (χ0v) is 10.8. The number of ketones is 1. The van der Waals surface area contributed by atoms with E-state index >= 15 is 0 Å². The summed E-state index contributed by atoms with van der Waals surface area (Å²) in [4.78, 5) is 12.0. The van der Waals surface area contributed by atoms with Gasteiger partial charge in [0.15, 0.2) is 5.78 Å². The molecule has 2 rings (SSSR count). The van der Waals surface area contributed by atoms with Crippen LogP contribution in [0.15, 0.2) is 17.9 Å². The summed E-state index contributed by atoms with van der Waals surface area (Å²) < 4.78 is 5.11. The van der Waals surface area contributed by atoms with Crippen LogP contribution in [0.1, 0.15) is 12.0 Å². The predicted molar refractivity (Wildman–Crippen MR) is 75.0 cm³/mol. The summed E-state index contributed by atoms with van der Waals surface area (Å²) in [5.41, 5.74) is 25.0. The average Bonchev–Trinajstić information content (AvgIpc) is 2.55. The first kappa shape index (κ1) is 12.7. The van der Waals surface area contributed by atoms with Crippen LogP contribution in [-0.2, 0) is 9.32 Å². The van der Waals surface area contributed by atoms with E-state index in [1.807, 2.05) is 0 Å². The highest BCUT2D eigenvalue weighted by Gasteiger charge is 2.34. The highest BCUT2D eigenvalue weighted by Crippen LogP contribution is 2.38. The normalized spacial score (nSPS) is 19.4. The van der Waals surface area contributed by atoms with Gasteiger partial charge in [-0.3, -0.25) is 4.79 Å². The molecule has 0 saturated carbocycles. The van der Waals surface area contributed by atoms with E-state index in [-0.39, 0.29) is 5.78 Å². The van der Waals surface area contributed by atoms with Gasteiger partial charge in [-0.2, -0.15) is 0 Å². The summed E-state index contributed by atoms with van der Waals surface area (Å²) in [5.74, 6) is 0.247. The zero-order chi connectivity index (χ0) is 13.4. The summed E-state index contributed by atoms with van der Waals surface area (Å²) >= 11 is 0. The molecule has 6 nitrogen and oxygen atoms in total. The number of nitrogen functional groups attached to an aromatic ring is 3. The quantitative estimate of drug-likeness (QED) is 0.448. The molecule has 0 fully saturated rings. The van der Waals surface area contributed by atoms with Crippen LogP contribution in [0.5, 0.6) is 0 Å². The van der Waals surface area contributed by atoms with Crippen molar-refractivity contribution >= 4 is 37.9 Å². The molecule has 0 saturated heterocycles. The molecule has 0 aromatic heterocycles. The molecular formula is C11H15N4O2P. The molecule has 0 heterocycles. The van der Waals surface area contributed by atoms with Crippen LogP contribution in [-0.4, -0.2) is 11.8 Å². The third-order valence-electron chi connectivity index (χ3n) is 2.88. The van der Waals surface area contributed by atoms with Crippen molar-refractivity contribution in [1.82, 2.24) is 0 Å². The Labute approximate surface area is 107 Å². The smallest absolute Gasteiger partial charge is 0.184 e. The van der Waals surface area contributed by atoms with Crippen molar-refractivity contribution in [3.05, 3.63) is 23.5 Å². The van der Waals surface area contributed by atoms with Crippen LogP contribution in [0.3, 0.4) is 0 Å². The van der Waals surface area contributed by atoms with Crippen molar-refractivity contribution < 1.29 is 9.32 Å². The van der Waals surface area contributed by atoms with Gasteiger partial charge in [-0.15, -0.1) is 0 Å². The van der Waals surface area contributed by atoms with E-state index in [2.05, 4.69) is 9.47 Å². The Morgan fingerprint density at radius 2 is 1.78 bits per heavy atom. The summed E-state index contributed by atoms with van der Waals surface area (Å²) in [5, 5.41) is 0. The molecule has 0 aliphatic heterocycles. The van der Waals surface area contributed by atoms with Gasteiger partial charge in [-0.05, 0) is 12.1 Å². The minimum atomic E-state index is -0.619. The van der Waals surface area contributed by atoms with Gasteiger partial charge < -0.3 is 27.5 Å². The average molecular weight is 266 g/mol. The fraction of sp³-hybridized carbons (Fsp3) is 0.182. The third-order valence-corrected chi connectivity index (χ3v) is 3.17. The minimum absolute atomic E-state index is 0.226. The van der Waals surface area contributed by atoms with Gasteiger partial charge in [0.2, 0.25) is 0 Å². The number of Topliss-reactive ketones (excluding diaryl/α,β-unsaturated/α-hetero) is 1. The van der Waals surface area contributed by atoms with Gasteiger partial charge in [0.05, 0.1) is 21.1 Å². The molecule has 0 bridgehead atoms. The number of anilines is 3. The Hall–Kier alpha value is -1.78. The summed E-state index contributed by atoms with van der Waals surface area (Å²) in [6.45, 7) is 0. The number of rotatable bonds is 2. The van der Waals surface area contributed by atoms with Crippen molar-refractivity contribution in [2.45, 2.75) is 12.5 Å². The lowest BCUT2D eigenvalue weighted by Gasteiger charge is -2.12. The Balaban J connectivity index is 2.65. The van der Waals surface area contributed by atoms with E-state index < -0.39 is 6.04 Å². The van der Waals surface area contributed by atoms with Gasteiger partial charge in [-0.1, -0.05) is 0 Å². The summed E-state index contributed by atoms with van der Waals surface area (Å²) in [6, 6.07) is 2.49. The molecule has 96 valence electrons. The van der Waals surface area contributed by atoms with Crippen LogP contribution in [0, 0.1) is 0 Å². The van der Waals surface area contributed by atoms with E-state index in [0.29, 0.717) is 40.4 Å². The van der Waals surface area contributed by atoms with Crippen LogP contribution in [0.4, 0.5) is 17.1 Å². The van der Waals surface area contributed by atoms with E-state index in [4.69, 9.17) is 27.5 Å². The Morgan fingerprint density at radius 3 is 2.28 bits per heavy atom. The third kappa shape index (κ3) is 1.89. The Kier molecular flexibility index (Phi) is 3.15. The lowest BCUT2D eigenvalue weighted by Crippen LogP contribution is -2.26. The van der Waals surface area contributed by atoms with Crippen LogP contribution >= 0.6 is 9.47 Å². The second kappa shape index (κ2) is 4.48. The van der Waals surface area contributed by atoms with Crippen molar-refractivity contribution in [2.24, 2.45) is 5.73 Å². The topological polar surface area (TPSA) is 130 Å². The van der Waals surface area contributed by atoms with Crippen LogP contribution < -0.4 is 22.9 Å². The number of carbonyl (C=O) groups is 1. The predicted octanol–water partition coefficient (Wildman–Crippen LogP) is 0.251. The molecule has 2 atom stereocenters. The molecule has 2 unspecified atom stereocenters. The molecule has 1 aromatic carbocycles. The van der Waals surface area contributed by atoms with E-state index in [9.17, 15) is 4.79 Å². The van der Waals surface area contributed by atoms with Crippen molar-refractivity contribution in [2.75, 3.05) is 17.2 Å². The maximum atomic E-state index is 12.0. The van der Waals surface area contributed by atoms with Crippen molar-refractivity contribution in [1.29, 1.82) is 0 Å². The molecule has 1 aromatic rings. The van der Waals surface area contributed by atoms with Crippen molar-refractivity contribution in [3.63, 3.8) is 0 Å². The second-order valence-electron chi connectivity index (χ2n) is 4.17. The molecule has 7 heteroatoms. The Morgan fingerprint density at radius 1 is 1.22 bits per heavy atom. The fourth-order valence-electron chi connectivity index (χ4n) is 2.09. The highest BCUT2D eigenvalue weighted by molar-refractivity contribution is 7.10. The van der Waals surface area contributed by atoms with Gasteiger partial charge in [0, 0.05) is 29.0 Å². The first-order chi connectivity index (χ1) is 8.45. The molecule has 0 spiro atoms. The van der Waals surface area contributed by atoms with E-state index in [1.54, 1.807) is 12.1 Å². The van der Waals surface area contributed by atoms with Gasteiger partial charge in [0.1, 0.15) is 5.76 Å². The molecule has 18 heavy (non-hydrogen) atoms. The Bertz CT molecular complexity index is 533. The zero-order valence-electron chi connectivity index (χ0n) is 9.64. The molecule has 0 radical (unpaired) electrons. The largest absolute Gasteiger partial charge is 0.484 e. The summed E-state index contributed by atoms with van der Waals surface area (Å²) in [7, 11) is 2.10. The lowest BCUT2D eigenvalue weighted by molar-refractivity contribution is -0.114. The van der Waals surface area contributed by atoms with E-state index in [1.165, 1.54) is 0 Å². The van der Waals surface area contributed by atoms with Crippen molar-refractivity contribution in [3.8, 4) is 0 Å². The monoisotopic (exact) mass is 266 g/mol. The second-order valence-corrected chi connectivity index (χ2v) is 4.40. The fourth-order valence-corrected chi connectivity index (χ4v) is 2.30. The SMILES string of the molecule is Nc1cc(N)c(C2=C(OP)CC(N)C2=O)c(N)c1. The van der Waals surface area contributed by atoms with Gasteiger partial charge in [0.25, 0.3) is 0 Å². The molecule has 0 amide bonds. The minimum Gasteiger partial charge on any atom is -0.484 e. The molecule has 1 aliphatic carbocycles. The molecule has 1 aliphatic rings. The maximum absolute atomic E-state index is 12.0. The number of hydrogen-bond acceptors (Lipinski definition) is 6. The van der Waals surface area contributed by atoms with Gasteiger partial charge in [-0.25, -0.2) is 0 Å². The van der Waals surface area contributed by atoms with Gasteiger partial charge >= 0.3 is 0 Å². The van der Waals surface area contributed by atoms with E-state index in [0.717, 1.165) is 0 Å². The number of hydrogen-bond donors (Lipinski definition) is 4. The standard InChI is InChI=1S/C11H15N4O2P/c12-4-1-5(13)9(6(14)2-4)10-8(17-18)3-7(15)11(10)16/h1-2,7H,3,12-15,18H2. The lowest BCUT2D eigenvalue weighted by atomic mass is 9.98. The van der Waals surface area contributed by atoms with Crippen LogP contribution in [0.25, 0.3) is 5.57 Å². The number of nitrogens with two attached hydrogens (primary N) is 4. The first-order valence-corrected chi connectivity index (χ1v) is 5.77. The maximum Gasteiger partial charge on any atom is 0.184 e. The number of carbonyl (C=O) groups excluding carboxylic acids is 1. The number of benzene rings is 1. The molecule has 8 N–H and O–H groups in total. The summed E-state index contributed by atoms with van der Waals surface area (Å²) in [6.07, 6.45) is 0.334.